The van der Waals surface area contributed by atoms with Gasteiger partial charge in [-0.3, -0.25) is 0 Å². The van der Waals surface area contributed by atoms with E-state index in [1.54, 1.807) is 6.07 Å². The number of rotatable bonds is 3. The van der Waals surface area contributed by atoms with E-state index in [0.717, 1.165) is 12.2 Å². The topological polar surface area (TPSA) is 40.6 Å². The summed E-state index contributed by atoms with van der Waals surface area (Å²) in [6, 6.07) is 9.34. The van der Waals surface area contributed by atoms with Crippen molar-refractivity contribution in [1.29, 1.82) is 0 Å². The molecule has 0 bridgehead atoms. The van der Waals surface area contributed by atoms with Crippen molar-refractivity contribution in [3.8, 4) is 23.1 Å². The Morgan fingerprint density at radius 2 is 2.06 bits per heavy atom. The Morgan fingerprint density at radius 1 is 1.17 bits per heavy atom. The quantitative estimate of drug-likeness (QED) is 0.830. The van der Waals surface area contributed by atoms with Crippen molar-refractivity contribution in [1.82, 2.24) is 4.98 Å². The molecule has 18 heavy (non-hydrogen) atoms. The lowest BCUT2D eigenvalue weighted by Crippen LogP contribution is -1.93. The number of aryl methyl sites for hydroxylation is 1. The summed E-state index contributed by atoms with van der Waals surface area (Å²) in [4.78, 5) is 4.24. The Kier molecular flexibility index (Phi) is 2.76. The zero-order valence-electron chi connectivity index (χ0n) is 10.1. The summed E-state index contributed by atoms with van der Waals surface area (Å²) in [7, 11) is 0. The molecule has 0 saturated heterocycles. The zero-order valence-corrected chi connectivity index (χ0v) is 10.1. The molecule has 1 aliphatic rings. The van der Waals surface area contributed by atoms with E-state index in [1.165, 1.54) is 5.56 Å². The summed E-state index contributed by atoms with van der Waals surface area (Å²) in [6.07, 6.45) is 2.79. The van der Waals surface area contributed by atoms with Crippen molar-refractivity contribution in [3.05, 3.63) is 42.1 Å². The number of aromatic nitrogens is 1. The molecule has 0 N–H and O–H groups in total. The highest BCUT2D eigenvalue weighted by Crippen LogP contribution is 2.36. The highest BCUT2D eigenvalue weighted by Gasteiger charge is 2.14. The van der Waals surface area contributed by atoms with Crippen LogP contribution in [0.1, 0.15) is 12.5 Å². The van der Waals surface area contributed by atoms with Gasteiger partial charge in [0.25, 0.3) is 0 Å². The molecule has 1 aliphatic heterocycles. The van der Waals surface area contributed by atoms with E-state index in [0.29, 0.717) is 17.4 Å². The first-order chi connectivity index (χ1) is 8.85. The second kappa shape index (κ2) is 4.56. The third kappa shape index (κ3) is 2.09. The normalized spacial score (nSPS) is 12.5. The number of hydrogen-bond donors (Lipinski definition) is 0. The van der Waals surface area contributed by atoms with Gasteiger partial charge in [-0.25, -0.2) is 4.98 Å². The molecular weight excluding hydrogens is 230 g/mol. The van der Waals surface area contributed by atoms with Gasteiger partial charge in [0.1, 0.15) is 5.75 Å². The summed E-state index contributed by atoms with van der Waals surface area (Å²) in [5.41, 5.74) is 1.19. The maximum Gasteiger partial charge on any atom is 0.231 e. The lowest BCUT2D eigenvalue weighted by Gasteiger charge is -2.05. The van der Waals surface area contributed by atoms with Gasteiger partial charge in [0.15, 0.2) is 11.5 Å². The summed E-state index contributed by atoms with van der Waals surface area (Å²) in [5, 5.41) is 0. The van der Waals surface area contributed by atoms with Gasteiger partial charge >= 0.3 is 0 Å². The Hall–Kier alpha value is -2.23. The van der Waals surface area contributed by atoms with E-state index in [4.69, 9.17) is 14.2 Å². The molecule has 4 heteroatoms. The fraction of sp³-hybridized carbons (Fsp3) is 0.214. The fourth-order valence-corrected chi connectivity index (χ4v) is 1.74. The second-order valence-electron chi connectivity index (χ2n) is 3.98. The summed E-state index contributed by atoms with van der Waals surface area (Å²) < 4.78 is 16.2. The van der Waals surface area contributed by atoms with E-state index in [2.05, 4.69) is 11.9 Å². The molecule has 0 fully saturated rings. The van der Waals surface area contributed by atoms with E-state index in [9.17, 15) is 0 Å². The molecule has 1 aromatic heterocycles. The summed E-state index contributed by atoms with van der Waals surface area (Å²) in [5.74, 6) is 2.72. The minimum atomic E-state index is 0.266. The molecule has 0 radical (unpaired) electrons. The Bertz CT molecular complexity index is 551. The number of ether oxygens (including phenoxy) is 3. The van der Waals surface area contributed by atoms with Crippen LogP contribution in [0.2, 0.25) is 0 Å². The first kappa shape index (κ1) is 10.9. The van der Waals surface area contributed by atoms with Crippen LogP contribution < -0.4 is 14.2 Å². The van der Waals surface area contributed by atoms with Gasteiger partial charge in [0.05, 0.1) is 0 Å². The number of fused-ring (bicyclic) bond motifs is 1. The smallest absolute Gasteiger partial charge is 0.231 e. The lowest BCUT2D eigenvalue weighted by atomic mass is 10.2. The minimum absolute atomic E-state index is 0.266. The van der Waals surface area contributed by atoms with E-state index >= 15 is 0 Å². The number of hydrogen-bond acceptors (Lipinski definition) is 4. The third-order valence-corrected chi connectivity index (χ3v) is 2.77. The molecule has 0 atom stereocenters. The van der Waals surface area contributed by atoms with Gasteiger partial charge in [-0.2, -0.15) is 0 Å². The van der Waals surface area contributed by atoms with Gasteiger partial charge in [0, 0.05) is 18.3 Å². The van der Waals surface area contributed by atoms with Crippen molar-refractivity contribution in [3.63, 3.8) is 0 Å². The predicted molar refractivity (Wildman–Crippen MR) is 66.3 cm³/mol. The molecule has 0 aliphatic carbocycles. The van der Waals surface area contributed by atoms with Crippen LogP contribution in [0.25, 0.3) is 0 Å². The Balaban J connectivity index is 1.79. The first-order valence-corrected chi connectivity index (χ1v) is 5.87. The monoisotopic (exact) mass is 243 g/mol. The van der Waals surface area contributed by atoms with Gasteiger partial charge in [0.2, 0.25) is 12.7 Å². The molecular formula is C14H13NO3. The lowest BCUT2D eigenvalue weighted by molar-refractivity contribution is 0.174. The predicted octanol–water partition coefficient (Wildman–Crippen LogP) is 3.17. The van der Waals surface area contributed by atoms with Crippen molar-refractivity contribution in [2.45, 2.75) is 13.3 Å². The third-order valence-electron chi connectivity index (χ3n) is 2.77. The highest BCUT2D eigenvalue weighted by molar-refractivity contribution is 5.47. The molecule has 0 unspecified atom stereocenters. The van der Waals surface area contributed by atoms with Crippen molar-refractivity contribution in [2.75, 3.05) is 6.79 Å². The van der Waals surface area contributed by atoms with E-state index < -0.39 is 0 Å². The molecule has 0 spiro atoms. The maximum atomic E-state index is 5.66. The molecule has 0 amide bonds. The average molecular weight is 243 g/mol. The molecule has 4 nitrogen and oxygen atoms in total. The van der Waals surface area contributed by atoms with Crippen LogP contribution in [0.5, 0.6) is 23.1 Å². The van der Waals surface area contributed by atoms with Crippen LogP contribution >= 0.6 is 0 Å². The van der Waals surface area contributed by atoms with Gasteiger partial charge in [-0.1, -0.05) is 13.0 Å². The highest BCUT2D eigenvalue weighted by atomic mass is 16.7. The number of benzene rings is 1. The van der Waals surface area contributed by atoms with Gasteiger partial charge in [-0.05, 0) is 24.1 Å². The van der Waals surface area contributed by atoms with Crippen LogP contribution in [0.4, 0.5) is 0 Å². The van der Waals surface area contributed by atoms with Crippen LogP contribution in [0.15, 0.2) is 36.5 Å². The van der Waals surface area contributed by atoms with Crippen LogP contribution in [0, 0.1) is 0 Å². The van der Waals surface area contributed by atoms with Gasteiger partial charge < -0.3 is 14.2 Å². The number of pyridine rings is 1. The molecule has 3 rings (SSSR count). The van der Waals surface area contributed by atoms with E-state index in [-0.39, 0.29) is 6.79 Å². The Morgan fingerprint density at radius 3 is 2.83 bits per heavy atom. The fourth-order valence-electron chi connectivity index (χ4n) is 1.74. The molecule has 2 aromatic rings. The second-order valence-corrected chi connectivity index (χ2v) is 3.98. The molecule has 92 valence electrons. The van der Waals surface area contributed by atoms with E-state index in [1.807, 2.05) is 30.5 Å². The van der Waals surface area contributed by atoms with Crippen LogP contribution in [-0.2, 0) is 6.42 Å². The minimum Gasteiger partial charge on any atom is -0.454 e. The average Bonchev–Trinajstić information content (AvgIpc) is 2.87. The van der Waals surface area contributed by atoms with Crippen LogP contribution in [0.3, 0.4) is 0 Å². The number of nitrogens with zero attached hydrogens (tertiary/aromatic N) is 1. The van der Waals surface area contributed by atoms with Gasteiger partial charge in [-0.15, -0.1) is 0 Å². The maximum absolute atomic E-state index is 5.66. The standard InChI is InChI=1S/C14H13NO3/c1-2-10-3-6-14(15-8-10)18-11-4-5-12-13(7-11)17-9-16-12/h3-8H,2,9H2,1H3. The van der Waals surface area contributed by atoms with Crippen molar-refractivity contribution in [2.24, 2.45) is 0 Å². The Labute approximate surface area is 105 Å². The summed E-state index contributed by atoms with van der Waals surface area (Å²) in [6.45, 7) is 2.36. The van der Waals surface area contributed by atoms with Crippen molar-refractivity contribution < 1.29 is 14.2 Å². The molecule has 2 heterocycles. The van der Waals surface area contributed by atoms with Crippen molar-refractivity contribution >= 4 is 0 Å². The molecule has 0 saturated carbocycles. The zero-order chi connectivity index (χ0) is 12.4. The largest absolute Gasteiger partial charge is 0.454 e. The first-order valence-electron chi connectivity index (χ1n) is 5.87. The summed E-state index contributed by atoms with van der Waals surface area (Å²) >= 11 is 0. The SMILES string of the molecule is CCc1ccc(Oc2ccc3c(c2)OCO3)nc1. The molecule has 1 aromatic carbocycles. The van der Waals surface area contributed by atoms with Crippen LogP contribution in [-0.4, -0.2) is 11.8 Å².